The van der Waals surface area contributed by atoms with E-state index in [4.69, 9.17) is 4.52 Å². The lowest BCUT2D eigenvalue weighted by atomic mass is 10.1. The Hall–Kier alpha value is -3.41. The van der Waals surface area contributed by atoms with Crippen LogP contribution in [0.1, 0.15) is 44.9 Å². The van der Waals surface area contributed by atoms with Gasteiger partial charge in [0.15, 0.2) is 0 Å². The number of nitrogens with zero attached hydrogens (tertiary/aromatic N) is 1. The summed E-state index contributed by atoms with van der Waals surface area (Å²) in [5.74, 6) is -0.421. The van der Waals surface area contributed by atoms with E-state index >= 15 is 0 Å². The molecule has 1 aliphatic rings. The lowest BCUT2D eigenvalue weighted by Crippen LogP contribution is -2.25. The van der Waals surface area contributed by atoms with Gasteiger partial charge in [0.2, 0.25) is 5.76 Å². The van der Waals surface area contributed by atoms with Gasteiger partial charge in [-0.15, -0.1) is 0 Å². The molecule has 6 heteroatoms. The molecule has 1 fully saturated rings. The van der Waals surface area contributed by atoms with Crippen LogP contribution < -0.4 is 10.6 Å². The van der Waals surface area contributed by atoms with Crippen molar-refractivity contribution < 1.29 is 14.1 Å². The van der Waals surface area contributed by atoms with Crippen molar-refractivity contribution in [2.75, 3.05) is 5.32 Å². The fraction of sp³-hybridized carbons (Fsp3) is 0.227. The fourth-order valence-corrected chi connectivity index (χ4v) is 2.82. The van der Waals surface area contributed by atoms with Gasteiger partial charge in [-0.25, -0.2) is 0 Å². The van der Waals surface area contributed by atoms with Crippen LogP contribution in [-0.2, 0) is 0 Å². The van der Waals surface area contributed by atoms with Crippen LogP contribution in [0.4, 0.5) is 5.69 Å². The minimum atomic E-state index is -0.409. The molecule has 28 heavy (non-hydrogen) atoms. The molecule has 0 aliphatic heterocycles. The van der Waals surface area contributed by atoms with Crippen molar-refractivity contribution in [1.82, 2.24) is 10.5 Å². The summed E-state index contributed by atoms with van der Waals surface area (Å²) in [5, 5.41) is 9.75. The summed E-state index contributed by atoms with van der Waals surface area (Å²) in [7, 11) is 0. The number of nitrogens with one attached hydrogen (secondary N) is 2. The summed E-state index contributed by atoms with van der Waals surface area (Å²) in [4.78, 5) is 24.8. The second-order valence-electron chi connectivity index (χ2n) is 7.17. The highest BCUT2D eigenvalue weighted by Gasteiger charge is 2.24. The van der Waals surface area contributed by atoms with Crippen LogP contribution in [0, 0.1) is 13.8 Å². The van der Waals surface area contributed by atoms with Gasteiger partial charge in [-0.3, -0.25) is 9.59 Å². The molecular formula is C22H21N3O3. The summed E-state index contributed by atoms with van der Waals surface area (Å²) in [5.41, 5.74) is 4.57. The first-order valence-electron chi connectivity index (χ1n) is 9.26. The average Bonchev–Trinajstić information content (AvgIpc) is 3.35. The van der Waals surface area contributed by atoms with E-state index in [2.05, 4.69) is 15.8 Å². The lowest BCUT2D eigenvalue weighted by molar-refractivity contribution is 0.0948. The van der Waals surface area contributed by atoms with Gasteiger partial charge in [-0.2, -0.15) is 0 Å². The topological polar surface area (TPSA) is 84.2 Å². The molecule has 0 atom stereocenters. The predicted octanol–water partition coefficient (Wildman–Crippen LogP) is 4.10. The Bertz CT molecular complexity index is 1030. The van der Waals surface area contributed by atoms with Crippen LogP contribution in [0.2, 0.25) is 0 Å². The molecule has 1 aliphatic carbocycles. The van der Waals surface area contributed by atoms with Crippen LogP contribution in [0.15, 0.2) is 53.1 Å². The zero-order valence-electron chi connectivity index (χ0n) is 15.8. The van der Waals surface area contributed by atoms with Gasteiger partial charge in [-0.1, -0.05) is 41.1 Å². The number of hydrogen-bond donors (Lipinski definition) is 2. The number of carbonyl (C=O) groups excluding carboxylic acids is 2. The molecule has 2 aromatic carbocycles. The highest BCUT2D eigenvalue weighted by atomic mass is 16.5. The van der Waals surface area contributed by atoms with E-state index in [-0.39, 0.29) is 17.7 Å². The number of rotatable bonds is 5. The van der Waals surface area contributed by atoms with Gasteiger partial charge < -0.3 is 15.2 Å². The molecule has 142 valence electrons. The Kier molecular flexibility index (Phi) is 4.69. The van der Waals surface area contributed by atoms with Crippen molar-refractivity contribution in [2.45, 2.75) is 32.7 Å². The fourth-order valence-electron chi connectivity index (χ4n) is 2.82. The third-order valence-electron chi connectivity index (χ3n) is 4.74. The number of carbonyl (C=O) groups is 2. The van der Waals surface area contributed by atoms with Gasteiger partial charge in [0, 0.05) is 28.9 Å². The van der Waals surface area contributed by atoms with Crippen LogP contribution in [0.3, 0.4) is 0 Å². The largest absolute Gasteiger partial charge is 0.350 e. The third kappa shape index (κ3) is 3.96. The van der Waals surface area contributed by atoms with E-state index < -0.39 is 5.91 Å². The number of aryl methyl sites for hydroxylation is 2. The second kappa shape index (κ2) is 7.31. The third-order valence-corrected chi connectivity index (χ3v) is 4.74. The molecule has 0 saturated heterocycles. The monoisotopic (exact) mass is 375 g/mol. The summed E-state index contributed by atoms with van der Waals surface area (Å²) >= 11 is 0. The van der Waals surface area contributed by atoms with Gasteiger partial charge in [0.25, 0.3) is 11.8 Å². The van der Waals surface area contributed by atoms with Crippen molar-refractivity contribution in [2.24, 2.45) is 0 Å². The first kappa shape index (κ1) is 18.0. The standard InChI is InChI=1S/C22H21N3O3/c1-13-3-6-15(7-4-13)19-12-20(28-25-19)22(27)24-18-11-16(8-5-14(18)2)21(26)23-17-9-10-17/h3-8,11-12,17H,9-10H2,1-2H3,(H,23,26)(H,24,27). The number of anilines is 1. The summed E-state index contributed by atoms with van der Waals surface area (Å²) in [6.07, 6.45) is 2.05. The van der Waals surface area contributed by atoms with Crippen molar-refractivity contribution in [1.29, 1.82) is 0 Å². The SMILES string of the molecule is Cc1ccc(-c2cc(C(=O)Nc3cc(C(=O)NC4CC4)ccc3C)on2)cc1. The van der Waals surface area contributed by atoms with Gasteiger partial charge >= 0.3 is 0 Å². The maximum atomic E-state index is 12.6. The first-order valence-corrected chi connectivity index (χ1v) is 9.26. The zero-order valence-corrected chi connectivity index (χ0v) is 15.8. The van der Waals surface area contributed by atoms with E-state index in [1.54, 1.807) is 18.2 Å². The summed E-state index contributed by atoms with van der Waals surface area (Å²) in [6.45, 7) is 3.88. The number of benzene rings is 2. The molecule has 1 saturated carbocycles. The minimum absolute atomic E-state index is 0.114. The molecule has 0 radical (unpaired) electrons. The van der Waals surface area contributed by atoms with Crippen molar-refractivity contribution in [3.8, 4) is 11.3 Å². The Morgan fingerprint density at radius 3 is 2.46 bits per heavy atom. The Balaban J connectivity index is 1.50. The molecule has 3 aromatic rings. The van der Waals surface area contributed by atoms with Crippen molar-refractivity contribution >= 4 is 17.5 Å². The van der Waals surface area contributed by atoms with E-state index in [9.17, 15) is 9.59 Å². The van der Waals surface area contributed by atoms with E-state index in [1.807, 2.05) is 44.2 Å². The molecule has 1 heterocycles. The molecule has 2 amide bonds. The van der Waals surface area contributed by atoms with Crippen molar-refractivity contribution in [3.05, 3.63) is 71.0 Å². The molecule has 0 unspecified atom stereocenters. The zero-order chi connectivity index (χ0) is 19.7. The summed E-state index contributed by atoms with van der Waals surface area (Å²) in [6, 6.07) is 15.0. The van der Waals surface area contributed by atoms with Crippen LogP contribution in [-0.4, -0.2) is 23.0 Å². The van der Waals surface area contributed by atoms with E-state index in [1.165, 1.54) is 0 Å². The lowest BCUT2D eigenvalue weighted by Gasteiger charge is -2.10. The maximum Gasteiger partial charge on any atom is 0.294 e. The highest BCUT2D eigenvalue weighted by molar-refractivity contribution is 6.04. The summed E-state index contributed by atoms with van der Waals surface area (Å²) < 4.78 is 5.22. The molecular weight excluding hydrogens is 354 g/mol. The Morgan fingerprint density at radius 1 is 1.00 bits per heavy atom. The average molecular weight is 375 g/mol. The molecule has 6 nitrogen and oxygen atoms in total. The van der Waals surface area contributed by atoms with E-state index in [0.717, 1.165) is 29.5 Å². The van der Waals surface area contributed by atoms with Gasteiger partial charge in [0.05, 0.1) is 0 Å². The Morgan fingerprint density at radius 2 is 1.75 bits per heavy atom. The Labute approximate surface area is 162 Å². The molecule has 0 spiro atoms. The van der Waals surface area contributed by atoms with Crippen molar-refractivity contribution in [3.63, 3.8) is 0 Å². The first-order chi connectivity index (χ1) is 13.5. The highest BCUT2D eigenvalue weighted by Crippen LogP contribution is 2.23. The minimum Gasteiger partial charge on any atom is -0.350 e. The number of hydrogen-bond acceptors (Lipinski definition) is 4. The van der Waals surface area contributed by atoms with Crippen LogP contribution in [0.5, 0.6) is 0 Å². The number of amides is 2. The normalized spacial score (nSPS) is 13.2. The molecule has 1 aromatic heterocycles. The smallest absolute Gasteiger partial charge is 0.294 e. The van der Waals surface area contributed by atoms with Crippen LogP contribution in [0.25, 0.3) is 11.3 Å². The van der Waals surface area contributed by atoms with Crippen LogP contribution >= 0.6 is 0 Å². The molecule has 2 N–H and O–H groups in total. The maximum absolute atomic E-state index is 12.6. The predicted molar refractivity (Wildman–Crippen MR) is 106 cm³/mol. The van der Waals surface area contributed by atoms with Gasteiger partial charge in [0.1, 0.15) is 5.69 Å². The number of aromatic nitrogens is 1. The quantitative estimate of drug-likeness (QED) is 0.703. The van der Waals surface area contributed by atoms with E-state index in [0.29, 0.717) is 16.9 Å². The molecule has 0 bridgehead atoms. The van der Waals surface area contributed by atoms with Gasteiger partial charge in [-0.05, 0) is 44.4 Å². The second-order valence-corrected chi connectivity index (χ2v) is 7.17. The molecule has 4 rings (SSSR count).